The second kappa shape index (κ2) is 9.27. The van der Waals surface area contributed by atoms with Crippen LogP contribution in [0.5, 0.6) is 0 Å². The van der Waals surface area contributed by atoms with Crippen LogP contribution in [-0.2, 0) is 23.0 Å². The minimum absolute atomic E-state index is 0.0489. The van der Waals surface area contributed by atoms with Crippen molar-refractivity contribution in [2.75, 3.05) is 17.1 Å². The number of halogens is 4. The van der Waals surface area contributed by atoms with Gasteiger partial charge in [0.1, 0.15) is 11.6 Å². The largest absolute Gasteiger partial charge is 0.389 e. The average Bonchev–Trinajstić information content (AvgIpc) is 3.03. The molecule has 3 aromatic carbocycles. The van der Waals surface area contributed by atoms with Crippen molar-refractivity contribution >= 4 is 37.5 Å². The molecule has 0 aliphatic carbocycles. The van der Waals surface area contributed by atoms with E-state index in [9.17, 15) is 31.1 Å². The number of hydrogen-bond acceptors (Lipinski definition) is 3. The normalized spacial score (nSPS) is 13.1. The summed E-state index contributed by atoms with van der Waals surface area (Å²) in [6.45, 7) is -0.358. The molecule has 34 heavy (non-hydrogen) atoms. The molecular weight excluding hydrogens is 472 g/mol. The van der Waals surface area contributed by atoms with Crippen LogP contribution in [0.1, 0.15) is 5.56 Å². The van der Waals surface area contributed by atoms with Crippen LogP contribution < -0.4 is 4.31 Å². The third-order valence-corrected chi connectivity index (χ3v) is 6.73. The minimum atomic E-state index is -3.81. The number of benzene rings is 3. The van der Waals surface area contributed by atoms with Crippen LogP contribution in [0.25, 0.3) is 21.8 Å². The van der Waals surface area contributed by atoms with Gasteiger partial charge in [-0.3, -0.25) is 4.31 Å². The van der Waals surface area contributed by atoms with Crippen molar-refractivity contribution in [2.45, 2.75) is 25.5 Å². The lowest BCUT2D eigenvalue weighted by atomic mass is 10.1. The minimum Gasteiger partial charge on any atom is -0.389 e. The molecule has 0 saturated heterocycles. The van der Waals surface area contributed by atoms with Crippen LogP contribution in [0, 0.1) is 11.6 Å². The van der Waals surface area contributed by atoms with E-state index in [0.29, 0.717) is 27.4 Å². The molecule has 5 nitrogen and oxygen atoms in total. The summed E-state index contributed by atoms with van der Waals surface area (Å²) in [4.78, 5) is 0. The molecule has 0 aliphatic rings. The molecule has 0 spiro atoms. The fourth-order valence-corrected chi connectivity index (χ4v) is 5.06. The predicted octanol–water partition coefficient (Wildman–Crippen LogP) is 4.71. The van der Waals surface area contributed by atoms with Crippen LogP contribution in [0.3, 0.4) is 0 Å². The van der Waals surface area contributed by atoms with Crippen molar-refractivity contribution in [1.82, 2.24) is 4.57 Å². The molecule has 4 aromatic rings. The first-order valence-electron chi connectivity index (χ1n) is 10.4. The third-order valence-electron chi connectivity index (χ3n) is 5.57. The molecule has 0 amide bonds. The Morgan fingerprint density at radius 1 is 0.912 bits per heavy atom. The highest BCUT2D eigenvalue weighted by Crippen LogP contribution is 2.31. The number of aliphatic hydroxyl groups excluding tert-OH is 1. The summed E-state index contributed by atoms with van der Waals surface area (Å²) >= 11 is 0. The second-order valence-electron chi connectivity index (χ2n) is 8.14. The number of aromatic nitrogens is 1. The van der Waals surface area contributed by atoms with E-state index in [1.54, 1.807) is 4.57 Å². The second-order valence-corrected chi connectivity index (χ2v) is 10.0. The van der Waals surface area contributed by atoms with E-state index in [1.807, 2.05) is 0 Å². The van der Waals surface area contributed by atoms with E-state index in [1.165, 1.54) is 60.7 Å². The molecule has 180 valence electrons. The fraction of sp³-hybridized carbons (Fsp3) is 0.250. The molecule has 1 N–H and O–H groups in total. The van der Waals surface area contributed by atoms with Gasteiger partial charge in [0, 0.05) is 28.2 Å². The lowest BCUT2D eigenvalue weighted by Crippen LogP contribution is -2.38. The Balaban J connectivity index is 1.65. The number of alkyl halides is 2. The Morgan fingerprint density at radius 2 is 1.44 bits per heavy atom. The molecule has 0 radical (unpaired) electrons. The molecule has 1 atom stereocenters. The first-order chi connectivity index (χ1) is 16.0. The monoisotopic (exact) mass is 494 g/mol. The van der Waals surface area contributed by atoms with Gasteiger partial charge < -0.3 is 9.67 Å². The standard InChI is InChI=1S/C24H22F4N2O3S/c1-34(32,33)30(18-6-2-15(3-7-18)10-24(27)28)14-19(31)13-29-22-8-4-16(25)11-20(22)21-12-17(26)5-9-23(21)29/h2-9,11-12,19,24,31H,10,13-14H2,1H3. The Bertz CT molecular complexity index is 1380. The van der Waals surface area contributed by atoms with Crippen LogP contribution in [0.4, 0.5) is 23.2 Å². The van der Waals surface area contributed by atoms with Gasteiger partial charge in [0.15, 0.2) is 0 Å². The zero-order valence-electron chi connectivity index (χ0n) is 18.1. The van der Waals surface area contributed by atoms with Crippen molar-refractivity contribution in [3.63, 3.8) is 0 Å². The highest BCUT2D eigenvalue weighted by molar-refractivity contribution is 7.92. The summed E-state index contributed by atoms with van der Waals surface area (Å²) in [5.41, 5.74) is 1.70. The van der Waals surface area contributed by atoms with Crippen LogP contribution in [0.15, 0.2) is 60.7 Å². The fourth-order valence-electron chi connectivity index (χ4n) is 4.11. The molecule has 0 bridgehead atoms. The van der Waals surface area contributed by atoms with Gasteiger partial charge >= 0.3 is 0 Å². The van der Waals surface area contributed by atoms with Gasteiger partial charge in [-0.15, -0.1) is 0 Å². The number of rotatable bonds is 8. The average molecular weight is 495 g/mol. The van der Waals surface area contributed by atoms with Gasteiger partial charge in [0.25, 0.3) is 0 Å². The maximum atomic E-state index is 13.9. The Hall–Kier alpha value is -3.11. The highest BCUT2D eigenvalue weighted by atomic mass is 32.2. The molecule has 10 heteroatoms. The van der Waals surface area contributed by atoms with Crippen LogP contribution in [0.2, 0.25) is 0 Å². The van der Waals surface area contributed by atoms with Crippen molar-refractivity contribution in [1.29, 1.82) is 0 Å². The van der Waals surface area contributed by atoms with E-state index in [-0.39, 0.29) is 18.8 Å². The first-order valence-corrected chi connectivity index (χ1v) is 12.3. The number of hydrogen-bond donors (Lipinski definition) is 1. The lowest BCUT2D eigenvalue weighted by Gasteiger charge is -2.26. The smallest absolute Gasteiger partial charge is 0.242 e. The van der Waals surface area contributed by atoms with Gasteiger partial charge in [-0.05, 0) is 54.1 Å². The molecular formula is C24H22F4N2O3S. The van der Waals surface area contributed by atoms with Gasteiger partial charge in [-0.1, -0.05) is 12.1 Å². The third kappa shape index (κ3) is 5.02. The summed E-state index contributed by atoms with van der Waals surface area (Å²) in [5, 5.41) is 11.8. The van der Waals surface area contributed by atoms with E-state index in [0.717, 1.165) is 10.6 Å². The van der Waals surface area contributed by atoms with Crippen molar-refractivity contribution in [3.05, 3.63) is 77.9 Å². The Kier molecular flexibility index (Phi) is 6.55. The zero-order chi connectivity index (χ0) is 24.6. The van der Waals surface area contributed by atoms with Gasteiger partial charge in [0.2, 0.25) is 16.4 Å². The maximum Gasteiger partial charge on any atom is 0.242 e. The first kappa shape index (κ1) is 24.0. The summed E-state index contributed by atoms with van der Waals surface area (Å²) in [7, 11) is -3.81. The lowest BCUT2D eigenvalue weighted by molar-refractivity contribution is 0.149. The Morgan fingerprint density at radius 3 is 1.91 bits per heavy atom. The van der Waals surface area contributed by atoms with E-state index in [4.69, 9.17) is 0 Å². The van der Waals surface area contributed by atoms with Crippen LogP contribution >= 0.6 is 0 Å². The SMILES string of the molecule is CS(=O)(=O)N(CC(O)Cn1c2ccc(F)cc2c2cc(F)ccc21)c1ccc(CC(F)F)cc1. The molecule has 1 unspecified atom stereocenters. The molecule has 1 heterocycles. The summed E-state index contributed by atoms with van der Waals surface area (Å²) in [6.07, 6.45) is -3.17. The highest BCUT2D eigenvalue weighted by Gasteiger charge is 2.23. The number of aliphatic hydroxyl groups is 1. The number of sulfonamides is 1. The quantitative estimate of drug-likeness (QED) is 0.361. The molecule has 0 fully saturated rings. The molecule has 4 rings (SSSR count). The van der Waals surface area contributed by atoms with Crippen molar-refractivity contribution in [3.8, 4) is 0 Å². The van der Waals surface area contributed by atoms with Crippen molar-refractivity contribution < 1.29 is 31.1 Å². The van der Waals surface area contributed by atoms with Gasteiger partial charge in [-0.25, -0.2) is 26.0 Å². The van der Waals surface area contributed by atoms with E-state index < -0.39 is 40.6 Å². The number of nitrogens with zero attached hydrogens (tertiary/aromatic N) is 2. The summed E-state index contributed by atoms with van der Waals surface area (Å²) in [5.74, 6) is -0.982. The van der Waals surface area contributed by atoms with Crippen LogP contribution in [-0.4, -0.2) is 43.4 Å². The predicted molar refractivity (Wildman–Crippen MR) is 124 cm³/mol. The molecule has 1 aromatic heterocycles. The van der Waals surface area contributed by atoms with E-state index in [2.05, 4.69) is 0 Å². The van der Waals surface area contributed by atoms with Crippen molar-refractivity contribution in [2.24, 2.45) is 0 Å². The van der Waals surface area contributed by atoms with E-state index >= 15 is 0 Å². The summed E-state index contributed by atoms with van der Waals surface area (Å²) < 4.78 is 80.5. The topological polar surface area (TPSA) is 62.5 Å². The number of fused-ring (bicyclic) bond motifs is 3. The summed E-state index contributed by atoms with van der Waals surface area (Å²) in [6, 6.07) is 13.8. The number of anilines is 1. The zero-order valence-corrected chi connectivity index (χ0v) is 18.9. The van der Waals surface area contributed by atoms with Gasteiger partial charge in [0.05, 0.1) is 31.1 Å². The maximum absolute atomic E-state index is 13.9. The van der Waals surface area contributed by atoms with Gasteiger partial charge in [-0.2, -0.15) is 0 Å². The Labute approximate surface area is 193 Å². The molecule has 0 aliphatic heterocycles. The molecule has 0 saturated carbocycles.